The summed E-state index contributed by atoms with van der Waals surface area (Å²) in [4.78, 5) is 11.0. The lowest BCUT2D eigenvalue weighted by molar-refractivity contribution is -0.138. The summed E-state index contributed by atoms with van der Waals surface area (Å²) < 4.78 is 9.53. The maximum atomic E-state index is 11.0. The van der Waals surface area contributed by atoms with Crippen LogP contribution in [0.25, 0.3) is 0 Å². The molecule has 0 aliphatic carbocycles. The predicted octanol–water partition coefficient (Wildman–Crippen LogP) is 1.38. The summed E-state index contributed by atoms with van der Waals surface area (Å²) in [7, 11) is 0. The summed E-state index contributed by atoms with van der Waals surface area (Å²) in [6, 6.07) is 1.71. The molecule has 0 N–H and O–H groups in total. The molecule has 72 valence electrons. The van der Waals surface area contributed by atoms with E-state index in [1.54, 1.807) is 13.0 Å². The van der Waals surface area contributed by atoms with E-state index in [0.29, 0.717) is 6.61 Å². The van der Waals surface area contributed by atoms with Crippen molar-refractivity contribution < 1.29 is 14.3 Å². The first kappa shape index (κ1) is 11.5. The Morgan fingerprint density at radius 3 is 2.69 bits per heavy atom. The second-order valence-electron chi connectivity index (χ2n) is 2.23. The second kappa shape index (κ2) is 7.17. The molecule has 0 aromatic heterocycles. The van der Waals surface area contributed by atoms with Gasteiger partial charge in [0.15, 0.2) is 5.57 Å². The van der Waals surface area contributed by atoms with Crippen LogP contribution in [0.1, 0.15) is 20.3 Å². The Hall–Kier alpha value is -1.50. The number of carbonyl (C=O) groups excluding carboxylic acids is 1. The van der Waals surface area contributed by atoms with Crippen LogP contribution in [-0.2, 0) is 14.3 Å². The van der Waals surface area contributed by atoms with Crippen LogP contribution in [0.5, 0.6) is 0 Å². The molecular formula is C9H13NO3. The van der Waals surface area contributed by atoms with Gasteiger partial charge in [0.2, 0.25) is 0 Å². The molecule has 0 aromatic rings. The fraction of sp³-hybridized carbons (Fsp3) is 0.556. The van der Waals surface area contributed by atoms with Gasteiger partial charge in [-0.15, -0.1) is 0 Å². The van der Waals surface area contributed by atoms with E-state index >= 15 is 0 Å². The van der Waals surface area contributed by atoms with Crippen molar-refractivity contribution in [3.05, 3.63) is 11.8 Å². The maximum Gasteiger partial charge on any atom is 0.352 e. The molecule has 0 saturated heterocycles. The minimum absolute atomic E-state index is 0.102. The normalized spacial score (nSPS) is 10.4. The van der Waals surface area contributed by atoms with Crippen LogP contribution in [0.2, 0.25) is 0 Å². The smallest absolute Gasteiger partial charge is 0.352 e. The molecule has 0 fully saturated rings. The van der Waals surface area contributed by atoms with Crippen molar-refractivity contribution in [3.8, 4) is 6.07 Å². The third kappa shape index (κ3) is 4.86. The summed E-state index contributed by atoms with van der Waals surface area (Å²) in [5.41, 5.74) is -0.102. The number of carbonyl (C=O) groups is 1. The Labute approximate surface area is 77.8 Å². The number of hydrogen-bond donors (Lipinski definition) is 0. The summed E-state index contributed by atoms with van der Waals surface area (Å²) in [5.74, 6) is -0.638. The first-order valence-corrected chi connectivity index (χ1v) is 4.15. The van der Waals surface area contributed by atoms with Crippen molar-refractivity contribution >= 4 is 5.97 Å². The van der Waals surface area contributed by atoms with E-state index in [9.17, 15) is 4.79 Å². The average molecular weight is 183 g/mol. The average Bonchev–Trinajstić information content (AvgIpc) is 2.13. The highest BCUT2D eigenvalue weighted by Gasteiger charge is 2.09. The molecule has 0 unspecified atom stereocenters. The first-order chi connectivity index (χ1) is 6.26. The molecule has 0 aliphatic heterocycles. The molecule has 0 atom stereocenters. The highest BCUT2D eigenvalue weighted by molar-refractivity contribution is 5.92. The SMILES string of the molecule is CCCOC=C(C#N)C(=O)OCC. The van der Waals surface area contributed by atoms with Crippen molar-refractivity contribution in [1.82, 2.24) is 0 Å². The third-order valence-corrected chi connectivity index (χ3v) is 1.14. The van der Waals surface area contributed by atoms with Crippen molar-refractivity contribution in [2.45, 2.75) is 20.3 Å². The fourth-order valence-electron chi connectivity index (χ4n) is 0.589. The zero-order chi connectivity index (χ0) is 10.1. The van der Waals surface area contributed by atoms with E-state index in [2.05, 4.69) is 4.74 Å². The number of nitriles is 1. The minimum Gasteiger partial charge on any atom is -0.500 e. The Balaban J connectivity index is 4.09. The molecule has 0 aliphatic rings. The molecule has 4 heteroatoms. The lowest BCUT2D eigenvalue weighted by Crippen LogP contribution is -2.06. The molecule has 0 heterocycles. The van der Waals surface area contributed by atoms with Crippen LogP contribution in [0, 0.1) is 11.3 Å². The third-order valence-electron chi connectivity index (χ3n) is 1.14. The van der Waals surface area contributed by atoms with Crippen molar-refractivity contribution in [1.29, 1.82) is 5.26 Å². The Morgan fingerprint density at radius 1 is 1.54 bits per heavy atom. The summed E-state index contributed by atoms with van der Waals surface area (Å²) in [5, 5.41) is 8.52. The monoisotopic (exact) mass is 183 g/mol. The molecule has 0 aromatic carbocycles. The number of hydrogen-bond acceptors (Lipinski definition) is 4. The van der Waals surface area contributed by atoms with Crippen molar-refractivity contribution in [2.75, 3.05) is 13.2 Å². The minimum atomic E-state index is -0.638. The van der Waals surface area contributed by atoms with E-state index in [-0.39, 0.29) is 12.2 Å². The molecule has 0 saturated carbocycles. The zero-order valence-corrected chi connectivity index (χ0v) is 7.87. The quantitative estimate of drug-likeness (QED) is 0.212. The van der Waals surface area contributed by atoms with Gasteiger partial charge >= 0.3 is 5.97 Å². The van der Waals surface area contributed by atoms with Gasteiger partial charge in [-0.05, 0) is 13.3 Å². The standard InChI is InChI=1S/C9H13NO3/c1-3-5-12-7-8(6-10)9(11)13-4-2/h7H,3-5H2,1-2H3. The highest BCUT2D eigenvalue weighted by atomic mass is 16.5. The van der Waals surface area contributed by atoms with Crippen LogP contribution >= 0.6 is 0 Å². The van der Waals surface area contributed by atoms with E-state index in [0.717, 1.165) is 12.7 Å². The lowest BCUT2D eigenvalue weighted by Gasteiger charge is -2.00. The molecule has 0 amide bonds. The maximum absolute atomic E-state index is 11.0. The fourth-order valence-corrected chi connectivity index (χ4v) is 0.589. The molecule has 0 spiro atoms. The zero-order valence-electron chi connectivity index (χ0n) is 7.87. The Bertz CT molecular complexity index is 228. The van der Waals surface area contributed by atoms with Crippen LogP contribution in [0.4, 0.5) is 0 Å². The summed E-state index contributed by atoms with van der Waals surface area (Å²) in [6.07, 6.45) is 1.97. The van der Waals surface area contributed by atoms with Gasteiger partial charge in [-0.25, -0.2) is 4.79 Å². The summed E-state index contributed by atoms with van der Waals surface area (Å²) in [6.45, 7) is 4.36. The molecule has 0 radical (unpaired) electrons. The van der Waals surface area contributed by atoms with Gasteiger partial charge in [-0.1, -0.05) is 6.92 Å². The van der Waals surface area contributed by atoms with Crippen LogP contribution in [0.15, 0.2) is 11.8 Å². The first-order valence-electron chi connectivity index (χ1n) is 4.15. The van der Waals surface area contributed by atoms with Gasteiger partial charge in [-0.3, -0.25) is 0 Å². The van der Waals surface area contributed by atoms with E-state index in [4.69, 9.17) is 10.00 Å². The van der Waals surface area contributed by atoms with Gasteiger partial charge in [0.1, 0.15) is 12.3 Å². The largest absolute Gasteiger partial charge is 0.500 e. The molecule has 13 heavy (non-hydrogen) atoms. The highest BCUT2D eigenvalue weighted by Crippen LogP contribution is 1.97. The van der Waals surface area contributed by atoms with Crippen LogP contribution in [-0.4, -0.2) is 19.2 Å². The number of esters is 1. The van der Waals surface area contributed by atoms with Crippen LogP contribution < -0.4 is 0 Å². The van der Waals surface area contributed by atoms with Gasteiger partial charge in [0, 0.05) is 0 Å². The molecule has 0 rings (SSSR count). The molecule has 0 bridgehead atoms. The number of nitrogens with zero attached hydrogens (tertiary/aromatic N) is 1. The van der Waals surface area contributed by atoms with Gasteiger partial charge in [0.25, 0.3) is 0 Å². The lowest BCUT2D eigenvalue weighted by atomic mass is 10.3. The van der Waals surface area contributed by atoms with Crippen LogP contribution in [0.3, 0.4) is 0 Å². The topological polar surface area (TPSA) is 59.3 Å². The number of rotatable bonds is 5. The summed E-state index contributed by atoms with van der Waals surface area (Å²) >= 11 is 0. The number of ether oxygens (including phenoxy) is 2. The van der Waals surface area contributed by atoms with Crippen molar-refractivity contribution in [3.63, 3.8) is 0 Å². The van der Waals surface area contributed by atoms with Crippen molar-refractivity contribution in [2.24, 2.45) is 0 Å². The van der Waals surface area contributed by atoms with E-state index < -0.39 is 5.97 Å². The Kier molecular flexibility index (Phi) is 6.34. The van der Waals surface area contributed by atoms with Gasteiger partial charge in [0.05, 0.1) is 13.2 Å². The van der Waals surface area contributed by atoms with E-state index in [1.165, 1.54) is 0 Å². The molecule has 4 nitrogen and oxygen atoms in total. The Morgan fingerprint density at radius 2 is 2.23 bits per heavy atom. The predicted molar refractivity (Wildman–Crippen MR) is 46.6 cm³/mol. The van der Waals surface area contributed by atoms with Gasteiger partial charge < -0.3 is 9.47 Å². The molecular weight excluding hydrogens is 170 g/mol. The van der Waals surface area contributed by atoms with E-state index in [1.807, 2.05) is 6.92 Å². The second-order valence-corrected chi connectivity index (χ2v) is 2.23. The van der Waals surface area contributed by atoms with Gasteiger partial charge in [-0.2, -0.15) is 5.26 Å².